The molecule has 1 fully saturated rings. The largest absolute Gasteiger partial charge is 0.308 e. The van der Waals surface area contributed by atoms with Crippen molar-refractivity contribution in [3.05, 3.63) is 35.4 Å². The Labute approximate surface area is 118 Å². The SMILES string of the molecule is CC(C)(C)CC(C)(C)NCc1ccc(C2CC2)cc1. The molecule has 0 saturated heterocycles. The van der Waals surface area contributed by atoms with Crippen molar-refractivity contribution in [3.8, 4) is 0 Å². The van der Waals surface area contributed by atoms with Crippen molar-refractivity contribution >= 4 is 0 Å². The van der Waals surface area contributed by atoms with Crippen LogP contribution in [0.15, 0.2) is 24.3 Å². The van der Waals surface area contributed by atoms with Gasteiger partial charge in [0.15, 0.2) is 0 Å². The van der Waals surface area contributed by atoms with Gasteiger partial charge in [-0.05, 0) is 55.6 Å². The van der Waals surface area contributed by atoms with Crippen LogP contribution in [0.5, 0.6) is 0 Å². The molecule has 1 saturated carbocycles. The van der Waals surface area contributed by atoms with Gasteiger partial charge < -0.3 is 5.32 Å². The fraction of sp³-hybridized carbons (Fsp3) is 0.667. The highest BCUT2D eigenvalue weighted by atomic mass is 14.9. The van der Waals surface area contributed by atoms with Crippen LogP contribution in [-0.2, 0) is 6.54 Å². The third kappa shape index (κ3) is 4.99. The van der Waals surface area contributed by atoms with Crippen LogP contribution in [0.2, 0.25) is 0 Å². The Balaban J connectivity index is 1.87. The second-order valence-corrected chi connectivity index (χ2v) is 7.99. The average Bonchev–Trinajstić information content (AvgIpc) is 3.08. The van der Waals surface area contributed by atoms with E-state index < -0.39 is 0 Å². The topological polar surface area (TPSA) is 12.0 Å². The zero-order chi connectivity index (χ0) is 14.1. The van der Waals surface area contributed by atoms with Crippen LogP contribution in [0.4, 0.5) is 0 Å². The maximum absolute atomic E-state index is 3.70. The Morgan fingerprint density at radius 1 is 1.00 bits per heavy atom. The fourth-order valence-electron chi connectivity index (χ4n) is 3.05. The molecule has 0 bridgehead atoms. The molecule has 0 aromatic heterocycles. The zero-order valence-corrected chi connectivity index (χ0v) is 13.2. The molecule has 1 aliphatic rings. The van der Waals surface area contributed by atoms with Crippen LogP contribution in [-0.4, -0.2) is 5.54 Å². The van der Waals surface area contributed by atoms with Crippen LogP contribution in [0.1, 0.15) is 70.9 Å². The molecule has 0 aliphatic heterocycles. The highest BCUT2D eigenvalue weighted by Crippen LogP contribution is 2.39. The van der Waals surface area contributed by atoms with Gasteiger partial charge in [0.2, 0.25) is 0 Å². The average molecular weight is 259 g/mol. The summed E-state index contributed by atoms with van der Waals surface area (Å²) < 4.78 is 0. The van der Waals surface area contributed by atoms with Gasteiger partial charge in [-0.25, -0.2) is 0 Å². The van der Waals surface area contributed by atoms with E-state index in [9.17, 15) is 0 Å². The first-order chi connectivity index (χ1) is 8.75. The highest BCUT2D eigenvalue weighted by molar-refractivity contribution is 5.28. The maximum atomic E-state index is 3.70. The van der Waals surface area contributed by atoms with E-state index in [0.717, 1.165) is 12.5 Å². The van der Waals surface area contributed by atoms with E-state index in [4.69, 9.17) is 0 Å². The Morgan fingerprint density at radius 3 is 2.05 bits per heavy atom. The van der Waals surface area contributed by atoms with Crippen LogP contribution in [0.25, 0.3) is 0 Å². The second kappa shape index (κ2) is 5.28. The molecule has 106 valence electrons. The molecule has 1 aromatic rings. The standard InChI is InChI=1S/C18H29N/c1-17(2,3)13-18(4,5)19-12-14-6-8-15(9-7-14)16-10-11-16/h6-9,16,19H,10-13H2,1-5H3. The highest BCUT2D eigenvalue weighted by Gasteiger charge is 2.25. The summed E-state index contributed by atoms with van der Waals surface area (Å²) in [5.74, 6) is 0.861. The molecule has 19 heavy (non-hydrogen) atoms. The van der Waals surface area contributed by atoms with Gasteiger partial charge in [0.1, 0.15) is 0 Å². The van der Waals surface area contributed by atoms with E-state index >= 15 is 0 Å². The molecule has 0 unspecified atom stereocenters. The smallest absolute Gasteiger partial charge is 0.0210 e. The summed E-state index contributed by atoms with van der Waals surface area (Å²) in [5.41, 5.74) is 3.48. The lowest BCUT2D eigenvalue weighted by molar-refractivity contribution is 0.241. The van der Waals surface area contributed by atoms with Crippen LogP contribution in [0.3, 0.4) is 0 Å². The molecule has 1 N–H and O–H groups in total. The molecular formula is C18H29N. The zero-order valence-electron chi connectivity index (χ0n) is 13.2. The van der Waals surface area contributed by atoms with Gasteiger partial charge in [-0.1, -0.05) is 45.0 Å². The molecule has 1 aliphatic carbocycles. The van der Waals surface area contributed by atoms with E-state index in [1.807, 2.05) is 0 Å². The molecule has 0 radical (unpaired) electrons. The first-order valence-corrected chi connectivity index (χ1v) is 7.59. The predicted octanol–water partition coefficient (Wildman–Crippen LogP) is 4.87. The summed E-state index contributed by atoms with van der Waals surface area (Å²) in [6.07, 6.45) is 3.95. The van der Waals surface area contributed by atoms with Crippen molar-refractivity contribution in [2.75, 3.05) is 0 Å². The fourth-order valence-corrected chi connectivity index (χ4v) is 3.05. The summed E-state index contributed by atoms with van der Waals surface area (Å²) in [5, 5.41) is 3.70. The van der Waals surface area contributed by atoms with Gasteiger partial charge in [-0.2, -0.15) is 0 Å². The molecule has 2 rings (SSSR count). The third-order valence-corrected chi connectivity index (χ3v) is 3.77. The Hall–Kier alpha value is -0.820. The van der Waals surface area contributed by atoms with Gasteiger partial charge in [-0.3, -0.25) is 0 Å². The summed E-state index contributed by atoms with van der Waals surface area (Å²) >= 11 is 0. The van der Waals surface area contributed by atoms with E-state index in [0.29, 0.717) is 5.41 Å². The molecule has 1 aromatic carbocycles. The number of rotatable bonds is 5. The third-order valence-electron chi connectivity index (χ3n) is 3.77. The normalized spacial score (nSPS) is 16.7. The monoisotopic (exact) mass is 259 g/mol. The van der Waals surface area contributed by atoms with E-state index in [1.54, 1.807) is 0 Å². The summed E-state index contributed by atoms with van der Waals surface area (Å²) in [6, 6.07) is 9.19. The van der Waals surface area contributed by atoms with Crippen molar-refractivity contribution in [1.29, 1.82) is 0 Å². The molecule has 1 nitrogen and oxygen atoms in total. The minimum absolute atomic E-state index is 0.188. The summed E-state index contributed by atoms with van der Waals surface area (Å²) in [7, 11) is 0. The number of benzene rings is 1. The van der Waals surface area contributed by atoms with Crippen molar-refractivity contribution in [3.63, 3.8) is 0 Å². The first kappa shape index (κ1) is 14.6. The molecule has 0 heterocycles. The van der Waals surface area contributed by atoms with Gasteiger partial charge in [-0.15, -0.1) is 0 Å². The van der Waals surface area contributed by atoms with Crippen LogP contribution < -0.4 is 5.32 Å². The molecular weight excluding hydrogens is 230 g/mol. The van der Waals surface area contributed by atoms with Crippen molar-refractivity contribution < 1.29 is 0 Å². The van der Waals surface area contributed by atoms with Crippen molar-refractivity contribution in [2.45, 2.75) is 71.9 Å². The predicted molar refractivity (Wildman–Crippen MR) is 83.4 cm³/mol. The first-order valence-electron chi connectivity index (χ1n) is 7.59. The molecule has 1 heteroatoms. The molecule has 0 amide bonds. The van der Waals surface area contributed by atoms with Crippen LogP contribution >= 0.6 is 0 Å². The molecule has 0 spiro atoms. The van der Waals surface area contributed by atoms with E-state index in [-0.39, 0.29) is 5.54 Å². The van der Waals surface area contributed by atoms with Gasteiger partial charge >= 0.3 is 0 Å². The second-order valence-electron chi connectivity index (χ2n) is 7.99. The summed E-state index contributed by atoms with van der Waals surface area (Å²) in [4.78, 5) is 0. The van der Waals surface area contributed by atoms with Crippen molar-refractivity contribution in [2.24, 2.45) is 5.41 Å². The van der Waals surface area contributed by atoms with Gasteiger partial charge in [0.05, 0.1) is 0 Å². The lowest BCUT2D eigenvalue weighted by Crippen LogP contribution is -2.41. The maximum Gasteiger partial charge on any atom is 0.0210 e. The summed E-state index contributed by atoms with van der Waals surface area (Å²) in [6.45, 7) is 12.5. The van der Waals surface area contributed by atoms with E-state index in [1.165, 1.54) is 30.4 Å². The minimum Gasteiger partial charge on any atom is -0.308 e. The lowest BCUT2D eigenvalue weighted by atomic mass is 9.82. The molecule has 0 atom stereocenters. The van der Waals surface area contributed by atoms with E-state index in [2.05, 4.69) is 64.2 Å². The van der Waals surface area contributed by atoms with Crippen molar-refractivity contribution in [1.82, 2.24) is 5.32 Å². The number of hydrogen-bond acceptors (Lipinski definition) is 1. The Morgan fingerprint density at radius 2 is 1.58 bits per heavy atom. The quantitative estimate of drug-likeness (QED) is 0.795. The Bertz CT molecular complexity index is 404. The number of hydrogen-bond donors (Lipinski definition) is 1. The van der Waals surface area contributed by atoms with Crippen LogP contribution in [0, 0.1) is 5.41 Å². The number of nitrogens with one attached hydrogen (secondary N) is 1. The minimum atomic E-state index is 0.188. The Kier molecular flexibility index (Phi) is 4.06. The van der Waals surface area contributed by atoms with Gasteiger partial charge in [0.25, 0.3) is 0 Å². The lowest BCUT2D eigenvalue weighted by Gasteiger charge is -2.33. The van der Waals surface area contributed by atoms with Gasteiger partial charge in [0, 0.05) is 12.1 Å².